The van der Waals surface area contributed by atoms with Crippen LogP contribution in [0.15, 0.2) is 0 Å². The summed E-state index contributed by atoms with van der Waals surface area (Å²) >= 11 is 0. The normalized spacial score (nSPS) is 20.2. The van der Waals surface area contributed by atoms with Crippen molar-refractivity contribution in [1.29, 1.82) is 0 Å². The summed E-state index contributed by atoms with van der Waals surface area (Å²) < 4.78 is 0. The van der Waals surface area contributed by atoms with E-state index < -0.39 is 11.9 Å². The van der Waals surface area contributed by atoms with Crippen molar-refractivity contribution in [1.82, 2.24) is 15.5 Å². The molecule has 2 atom stereocenters. The third-order valence-corrected chi connectivity index (χ3v) is 3.12. The molecule has 1 rings (SSSR count). The fourth-order valence-electron chi connectivity index (χ4n) is 1.67. The van der Waals surface area contributed by atoms with Gasteiger partial charge in [0.15, 0.2) is 0 Å². The third kappa shape index (κ3) is 4.22. The summed E-state index contributed by atoms with van der Waals surface area (Å²) in [5.74, 6) is -1.47. The van der Waals surface area contributed by atoms with Crippen LogP contribution in [0, 0.1) is 5.92 Å². The molecule has 3 N–H and O–H groups in total. The zero-order valence-corrected chi connectivity index (χ0v) is 10.4. The lowest BCUT2D eigenvalue weighted by Gasteiger charge is -2.25. The van der Waals surface area contributed by atoms with Crippen LogP contribution in [0.4, 0.5) is 4.79 Å². The molecule has 0 spiro atoms. The first-order chi connectivity index (χ1) is 8.02. The van der Waals surface area contributed by atoms with Crippen molar-refractivity contribution in [3.63, 3.8) is 0 Å². The van der Waals surface area contributed by atoms with Crippen molar-refractivity contribution in [3.8, 4) is 0 Å². The molecule has 6 heteroatoms. The van der Waals surface area contributed by atoms with Crippen LogP contribution in [-0.2, 0) is 4.79 Å². The number of carboxylic acids is 1. The molecule has 1 heterocycles. The number of hydrogen-bond acceptors (Lipinski definition) is 3. The highest BCUT2D eigenvalue weighted by molar-refractivity contribution is 5.76. The van der Waals surface area contributed by atoms with Crippen LogP contribution in [0.3, 0.4) is 0 Å². The van der Waals surface area contributed by atoms with E-state index >= 15 is 0 Å². The highest BCUT2D eigenvalue weighted by atomic mass is 16.4. The summed E-state index contributed by atoms with van der Waals surface area (Å²) in [5, 5.41) is 14.8. The van der Waals surface area contributed by atoms with Gasteiger partial charge >= 0.3 is 12.0 Å². The Hall–Kier alpha value is -1.30. The van der Waals surface area contributed by atoms with Gasteiger partial charge < -0.3 is 20.6 Å². The first-order valence-corrected chi connectivity index (χ1v) is 6.01. The number of rotatable bonds is 3. The van der Waals surface area contributed by atoms with Gasteiger partial charge in [0.05, 0.1) is 5.92 Å². The fraction of sp³-hybridized carbons (Fsp3) is 0.818. The molecule has 2 unspecified atom stereocenters. The Labute approximate surface area is 101 Å². The number of aliphatic carboxylic acids is 1. The molecule has 1 aliphatic heterocycles. The lowest BCUT2D eigenvalue weighted by molar-refractivity contribution is -0.141. The van der Waals surface area contributed by atoms with Crippen LogP contribution in [0.1, 0.15) is 20.3 Å². The van der Waals surface area contributed by atoms with Crippen molar-refractivity contribution >= 4 is 12.0 Å². The van der Waals surface area contributed by atoms with Crippen LogP contribution < -0.4 is 10.6 Å². The minimum absolute atomic E-state index is 0.172. The average Bonchev–Trinajstić information content (AvgIpc) is 2.56. The molecule has 17 heavy (non-hydrogen) atoms. The van der Waals surface area contributed by atoms with Crippen LogP contribution >= 0.6 is 0 Å². The second kappa shape index (κ2) is 6.44. The number of nitrogens with zero attached hydrogens (tertiary/aromatic N) is 1. The first-order valence-electron chi connectivity index (χ1n) is 6.01. The minimum Gasteiger partial charge on any atom is -0.481 e. The van der Waals surface area contributed by atoms with Crippen LogP contribution in [0.2, 0.25) is 0 Å². The number of urea groups is 1. The SMILES string of the molecule is CC(NC(=O)N1CCCNCC1)C(C)C(=O)O. The number of carboxylic acid groups (broad SMARTS) is 1. The molecule has 0 saturated carbocycles. The van der Waals surface area contributed by atoms with Crippen molar-refractivity contribution < 1.29 is 14.7 Å². The largest absolute Gasteiger partial charge is 0.481 e. The monoisotopic (exact) mass is 243 g/mol. The van der Waals surface area contributed by atoms with E-state index in [2.05, 4.69) is 10.6 Å². The number of hydrogen-bond donors (Lipinski definition) is 3. The number of nitrogens with one attached hydrogen (secondary N) is 2. The van der Waals surface area contributed by atoms with Crippen molar-refractivity contribution in [3.05, 3.63) is 0 Å². The fourth-order valence-corrected chi connectivity index (χ4v) is 1.67. The average molecular weight is 243 g/mol. The van der Waals surface area contributed by atoms with E-state index in [0.717, 1.165) is 19.5 Å². The minimum atomic E-state index is -0.893. The summed E-state index contributed by atoms with van der Waals surface area (Å²) in [5.41, 5.74) is 0. The maximum atomic E-state index is 11.9. The molecule has 2 amide bonds. The topological polar surface area (TPSA) is 81.7 Å². The van der Waals surface area contributed by atoms with Gasteiger partial charge in [-0.15, -0.1) is 0 Å². The van der Waals surface area contributed by atoms with Gasteiger partial charge in [0, 0.05) is 25.7 Å². The second-order valence-corrected chi connectivity index (χ2v) is 4.46. The quantitative estimate of drug-likeness (QED) is 0.656. The summed E-state index contributed by atoms with van der Waals surface area (Å²) in [4.78, 5) is 24.4. The summed E-state index contributed by atoms with van der Waals surface area (Å²) in [6.07, 6.45) is 0.927. The Balaban J connectivity index is 2.44. The Bertz CT molecular complexity index is 275. The van der Waals surface area contributed by atoms with Gasteiger partial charge in [-0.25, -0.2) is 4.79 Å². The van der Waals surface area contributed by atoms with Crippen molar-refractivity contribution in [2.75, 3.05) is 26.2 Å². The highest BCUT2D eigenvalue weighted by Crippen LogP contribution is 2.04. The molecule has 0 radical (unpaired) electrons. The smallest absolute Gasteiger partial charge is 0.317 e. The van der Waals surface area contributed by atoms with Crippen molar-refractivity contribution in [2.24, 2.45) is 5.92 Å². The van der Waals surface area contributed by atoms with E-state index in [1.807, 2.05) is 0 Å². The Morgan fingerprint density at radius 1 is 1.29 bits per heavy atom. The molecule has 0 bridgehead atoms. The third-order valence-electron chi connectivity index (χ3n) is 3.12. The Morgan fingerprint density at radius 2 is 2.00 bits per heavy atom. The molecule has 98 valence electrons. The standard InChI is InChI=1S/C11H21N3O3/c1-8(10(15)16)9(2)13-11(17)14-6-3-4-12-5-7-14/h8-9,12H,3-7H2,1-2H3,(H,13,17)(H,15,16). The van der Waals surface area contributed by atoms with E-state index in [9.17, 15) is 9.59 Å². The molecule has 0 aromatic heterocycles. The van der Waals surface area contributed by atoms with Gasteiger partial charge in [-0.05, 0) is 26.8 Å². The maximum absolute atomic E-state index is 11.9. The highest BCUT2D eigenvalue weighted by Gasteiger charge is 2.23. The van der Waals surface area contributed by atoms with E-state index in [4.69, 9.17) is 5.11 Å². The molecular weight excluding hydrogens is 222 g/mol. The Morgan fingerprint density at radius 3 is 2.65 bits per heavy atom. The molecule has 1 saturated heterocycles. The van der Waals surface area contributed by atoms with E-state index in [1.54, 1.807) is 18.7 Å². The van der Waals surface area contributed by atoms with Gasteiger partial charge in [-0.2, -0.15) is 0 Å². The zero-order chi connectivity index (χ0) is 12.8. The van der Waals surface area contributed by atoms with Crippen LogP contribution in [-0.4, -0.2) is 54.2 Å². The second-order valence-electron chi connectivity index (χ2n) is 4.46. The summed E-state index contributed by atoms with van der Waals surface area (Å²) in [7, 11) is 0. The molecular formula is C11H21N3O3. The van der Waals surface area contributed by atoms with Gasteiger partial charge in [0.25, 0.3) is 0 Å². The van der Waals surface area contributed by atoms with Crippen molar-refractivity contribution in [2.45, 2.75) is 26.3 Å². The van der Waals surface area contributed by atoms with Gasteiger partial charge in [-0.1, -0.05) is 0 Å². The summed E-state index contributed by atoms with van der Waals surface area (Å²) in [6, 6.07) is -0.537. The van der Waals surface area contributed by atoms with Gasteiger partial charge in [0.2, 0.25) is 0 Å². The number of amides is 2. The number of carbonyl (C=O) groups excluding carboxylic acids is 1. The molecule has 0 aromatic carbocycles. The number of carbonyl (C=O) groups is 2. The predicted molar refractivity (Wildman–Crippen MR) is 63.9 cm³/mol. The van der Waals surface area contributed by atoms with E-state index in [0.29, 0.717) is 13.1 Å². The van der Waals surface area contributed by atoms with Crippen LogP contribution in [0.25, 0.3) is 0 Å². The van der Waals surface area contributed by atoms with Gasteiger partial charge in [-0.3, -0.25) is 4.79 Å². The lowest BCUT2D eigenvalue weighted by Crippen LogP contribution is -2.48. The Kier molecular flexibility index (Phi) is 5.21. The maximum Gasteiger partial charge on any atom is 0.317 e. The van der Waals surface area contributed by atoms with Crippen LogP contribution in [0.5, 0.6) is 0 Å². The van der Waals surface area contributed by atoms with Gasteiger partial charge in [0.1, 0.15) is 0 Å². The molecule has 1 fully saturated rings. The zero-order valence-electron chi connectivity index (χ0n) is 10.4. The first kappa shape index (κ1) is 13.8. The molecule has 1 aliphatic rings. The van der Waals surface area contributed by atoms with E-state index in [1.165, 1.54) is 0 Å². The lowest BCUT2D eigenvalue weighted by atomic mass is 10.0. The molecule has 0 aromatic rings. The molecule has 0 aliphatic carbocycles. The predicted octanol–water partition coefficient (Wildman–Crippen LogP) is 0.101. The summed E-state index contributed by atoms with van der Waals surface area (Å²) in [6.45, 7) is 6.40. The molecule has 6 nitrogen and oxygen atoms in total. The van der Waals surface area contributed by atoms with E-state index in [-0.39, 0.29) is 12.1 Å².